The molecule has 0 aliphatic heterocycles. The van der Waals surface area contributed by atoms with E-state index in [1.165, 1.54) is 11.1 Å². The third kappa shape index (κ3) is 3.31. The van der Waals surface area contributed by atoms with Gasteiger partial charge in [0.15, 0.2) is 0 Å². The first kappa shape index (κ1) is 11.5. The monoisotopic (exact) mass is 257 g/mol. The van der Waals surface area contributed by atoms with Crippen molar-refractivity contribution in [1.29, 1.82) is 0 Å². The third-order valence-electron chi connectivity index (χ3n) is 2.10. The van der Waals surface area contributed by atoms with Gasteiger partial charge in [0.2, 0.25) is 0 Å². The zero-order valence-corrected chi connectivity index (χ0v) is 10.2. The number of methoxy groups -OCH3 is 1. The van der Waals surface area contributed by atoms with Gasteiger partial charge < -0.3 is 10.1 Å². The van der Waals surface area contributed by atoms with Crippen LogP contribution in [0.2, 0.25) is 0 Å². The summed E-state index contributed by atoms with van der Waals surface area (Å²) in [4.78, 5) is 0. The molecule has 0 saturated carbocycles. The fourth-order valence-electron chi connectivity index (χ4n) is 1.39. The summed E-state index contributed by atoms with van der Waals surface area (Å²) in [6.07, 6.45) is 0.996. The van der Waals surface area contributed by atoms with Crippen LogP contribution in [0.1, 0.15) is 11.1 Å². The maximum Gasteiger partial charge on any atom is 0.122 e. The van der Waals surface area contributed by atoms with Crippen molar-refractivity contribution in [2.24, 2.45) is 0 Å². The highest BCUT2D eigenvalue weighted by Gasteiger charge is 2.01. The minimum Gasteiger partial charge on any atom is -0.496 e. The standard InChI is InChI=1S/C11H16BrNO/c1-9-3-4-11(14-2)10(7-9)5-6-13-8-12/h3-4,7,13H,5-6,8H2,1-2H3. The van der Waals surface area contributed by atoms with Gasteiger partial charge in [-0.15, -0.1) is 0 Å². The minimum atomic E-state index is 0.834. The molecule has 0 unspecified atom stereocenters. The smallest absolute Gasteiger partial charge is 0.122 e. The van der Waals surface area contributed by atoms with Crippen molar-refractivity contribution in [3.05, 3.63) is 29.3 Å². The highest BCUT2D eigenvalue weighted by atomic mass is 79.9. The molecule has 1 rings (SSSR count). The van der Waals surface area contributed by atoms with Gasteiger partial charge >= 0.3 is 0 Å². The van der Waals surface area contributed by atoms with Crippen molar-refractivity contribution >= 4 is 15.9 Å². The normalized spacial score (nSPS) is 10.2. The van der Waals surface area contributed by atoms with E-state index < -0.39 is 0 Å². The lowest BCUT2D eigenvalue weighted by molar-refractivity contribution is 0.409. The van der Waals surface area contributed by atoms with Gasteiger partial charge in [-0.1, -0.05) is 33.6 Å². The molecule has 0 spiro atoms. The SMILES string of the molecule is COc1ccc(C)cc1CCNCBr. The number of aryl methyl sites for hydroxylation is 1. The number of ether oxygens (including phenoxy) is 1. The largest absolute Gasteiger partial charge is 0.496 e. The lowest BCUT2D eigenvalue weighted by atomic mass is 10.1. The molecular formula is C11H16BrNO. The summed E-state index contributed by atoms with van der Waals surface area (Å²) in [5.74, 6) is 0.979. The van der Waals surface area contributed by atoms with Crippen LogP contribution in [0.4, 0.5) is 0 Å². The third-order valence-corrected chi connectivity index (χ3v) is 2.50. The van der Waals surface area contributed by atoms with E-state index in [-0.39, 0.29) is 0 Å². The van der Waals surface area contributed by atoms with Crippen LogP contribution in [-0.4, -0.2) is 19.1 Å². The number of alkyl halides is 1. The summed E-state index contributed by atoms with van der Waals surface area (Å²) >= 11 is 3.33. The second-order valence-electron chi connectivity index (χ2n) is 3.20. The van der Waals surface area contributed by atoms with E-state index in [0.29, 0.717) is 0 Å². The Bertz CT molecular complexity index is 289. The highest BCUT2D eigenvalue weighted by molar-refractivity contribution is 9.09. The molecule has 0 radical (unpaired) electrons. The molecular weight excluding hydrogens is 242 g/mol. The van der Waals surface area contributed by atoms with Crippen LogP contribution in [0.5, 0.6) is 5.75 Å². The molecule has 0 aliphatic carbocycles. The summed E-state index contributed by atoms with van der Waals surface area (Å²) in [5.41, 5.74) is 3.38. The molecule has 1 aromatic rings. The van der Waals surface area contributed by atoms with E-state index in [1.807, 2.05) is 6.07 Å². The number of hydrogen-bond donors (Lipinski definition) is 1. The average molecular weight is 258 g/mol. The minimum absolute atomic E-state index is 0.834. The predicted octanol–water partition coefficient (Wildman–Crippen LogP) is 2.49. The molecule has 1 aromatic carbocycles. The molecule has 14 heavy (non-hydrogen) atoms. The number of rotatable bonds is 5. The van der Waals surface area contributed by atoms with E-state index in [4.69, 9.17) is 4.74 Å². The molecule has 0 amide bonds. The first-order valence-electron chi connectivity index (χ1n) is 4.68. The number of benzene rings is 1. The van der Waals surface area contributed by atoms with E-state index >= 15 is 0 Å². The Labute approximate surface area is 93.8 Å². The molecule has 0 heterocycles. The van der Waals surface area contributed by atoms with Crippen LogP contribution in [0.15, 0.2) is 18.2 Å². The zero-order chi connectivity index (χ0) is 10.4. The Morgan fingerprint density at radius 3 is 2.86 bits per heavy atom. The molecule has 0 bridgehead atoms. The van der Waals surface area contributed by atoms with Crippen molar-refractivity contribution < 1.29 is 4.74 Å². The molecule has 0 aromatic heterocycles. The van der Waals surface area contributed by atoms with Gasteiger partial charge in [0.25, 0.3) is 0 Å². The molecule has 0 atom stereocenters. The number of hydrogen-bond acceptors (Lipinski definition) is 2. The van der Waals surface area contributed by atoms with Gasteiger partial charge in [0.1, 0.15) is 5.75 Å². The summed E-state index contributed by atoms with van der Waals surface area (Å²) in [6.45, 7) is 3.06. The topological polar surface area (TPSA) is 21.3 Å². The molecule has 0 saturated heterocycles. The van der Waals surface area contributed by atoms with Crippen molar-refractivity contribution in [2.75, 3.05) is 19.1 Å². The van der Waals surface area contributed by atoms with Crippen molar-refractivity contribution in [3.8, 4) is 5.75 Å². The fraction of sp³-hybridized carbons (Fsp3) is 0.455. The Balaban J connectivity index is 2.67. The van der Waals surface area contributed by atoms with Gasteiger partial charge in [-0.25, -0.2) is 0 Å². The van der Waals surface area contributed by atoms with Crippen LogP contribution in [-0.2, 0) is 6.42 Å². The summed E-state index contributed by atoms with van der Waals surface area (Å²) in [7, 11) is 1.71. The van der Waals surface area contributed by atoms with Gasteiger partial charge in [-0.3, -0.25) is 0 Å². The summed E-state index contributed by atoms with van der Waals surface area (Å²) in [6, 6.07) is 6.27. The first-order valence-corrected chi connectivity index (χ1v) is 5.80. The molecule has 1 N–H and O–H groups in total. The van der Waals surface area contributed by atoms with E-state index in [0.717, 1.165) is 24.2 Å². The maximum atomic E-state index is 5.29. The lowest BCUT2D eigenvalue weighted by Crippen LogP contribution is -2.14. The Morgan fingerprint density at radius 2 is 2.21 bits per heavy atom. The van der Waals surface area contributed by atoms with Crippen LogP contribution < -0.4 is 10.1 Å². The first-order chi connectivity index (χ1) is 6.77. The quantitative estimate of drug-likeness (QED) is 0.497. The molecule has 3 heteroatoms. The Morgan fingerprint density at radius 1 is 1.43 bits per heavy atom. The Hall–Kier alpha value is -0.540. The van der Waals surface area contributed by atoms with Crippen molar-refractivity contribution in [1.82, 2.24) is 5.32 Å². The van der Waals surface area contributed by atoms with Gasteiger partial charge in [0, 0.05) is 6.54 Å². The number of halogens is 1. The van der Waals surface area contributed by atoms with Crippen molar-refractivity contribution in [2.45, 2.75) is 13.3 Å². The van der Waals surface area contributed by atoms with E-state index in [2.05, 4.69) is 40.3 Å². The summed E-state index contributed by atoms with van der Waals surface area (Å²) < 4.78 is 5.29. The van der Waals surface area contributed by atoms with Gasteiger partial charge in [-0.05, 0) is 25.0 Å². The van der Waals surface area contributed by atoms with Gasteiger partial charge in [-0.2, -0.15) is 0 Å². The molecule has 0 fully saturated rings. The van der Waals surface area contributed by atoms with Gasteiger partial charge in [0.05, 0.1) is 12.6 Å². The second-order valence-corrected chi connectivity index (χ2v) is 3.76. The van der Waals surface area contributed by atoms with E-state index in [9.17, 15) is 0 Å². The van der Waals surface area contributed by atoms with Crippen LogP contribution in [0.25, 0.3) is 0 Å². The van der Waals surface area contributed by atoms with Crippen molar-refractivity contribution in [3.63, 3.8) is 0 Å². The molecule has 2 nitrogen and oxygen atoms in total. The molecule has 78 valence electrons. The fourth-order valence-corrected chi connectivity index (χ4v) is 1.67. The number of nitrogens with one attached hydrogen (secondary N) is 1. The summed E-state index contributed by atoms with van der Waals surface area (Å²) in [5, 5.41) is 3.23. The molecule has 0 aliphatic rings. The van der Waals surface area contributed by atoms with Crippen LogP contribution in [0.3, 0.4) is 0 Å². The van der Waals surface area contributed by atoms with Crippen LogP contribution >= 0.6 is 15.9 Å². The predicted molar refractivity (Wildman–Crippen MR) is 63.2 cm³/mol. The Kier molecular flexibility index (Phi) is 4.98. The highest BCUT2D eigenvalue weighted by Crippen LogP contribution is 2.19. The van der Waals surface area contributed by atoms with E-state index in [1.54, 1.807) is 7.11 Å². The average Bonchev–Trinajstić information content (AvgIpc) is 2.19. The van der Waals surface area contributed by atoms with Crippen LogP contribution in [0, 0.1) is 6.92 Å². The zero-order valence-electron chi connectivity index (χ0n) is 8.64. The lowest BCUT2D eigenvalue weighted by Gasteiger charge is -2.09. The maximum absolute atomic E-state index is 5.29. The second kappa shape index (κ2) is 6.04.